The summed E-state index contributed by atoms with van der Waals surface area (Å²) in [7, 11) is 1.64. The van der Waals surface area contributed by atoms with Crippen LogP contribution in [0.3, 0.4) is 0 Å². The summed E-state index contributed by atoms with van der Waals surface area (Å²) in [5.41, 5.74) is 1.69. The second-order valence-corrected chi connectivity index (χ2v) is 8.56. The zero-order valence-corrected chi connectivity index (χ0v) is 19.2. The SMILES string of the molecule is Cc1cc(=O)n(C)c2c(CCNC[C@H]3CN(c4cnc5c(n4)NC(=O)CO5)C(O)O3)c(F)ccc12. The summed E-state index contributed by atoms with van der Waals surface area (Å²) in [5, 5.41) is 17.0. The van der Waals surface area contributed by atoms with Crippen molar-refractivity contribution in [1.82, 2.24) is 19.9 Å². The van der Waals surface area contributed by atoms with Gasteiger partial charge in [0.05, 0.1) is 24.4 Å². The zero-order chi connectivity index (χ0) is 24.7. The van der Waals surface area contributed by atoms with E-state index in [0.29, 0.717) is 43.0 Å². The Morgan fingerprint density at radius 2 is 2.17 bits per heavy atom. The van der Waals surface area contributed by atoms with Gasteiger partial charge in [-0.2, -0.15) is 0 Å². The fourth-order valence-electron chi connectivity index (χ4n) is 4.41. The van der Waals surface area contributed by atoms with Crippen LogP contribution in [0.4, 0.5) is 16.0 Å². The predicted molar refractivity (Wildman–Crippen MR) is 125 cm³/mol. The molecule has 2 aliphatic heterocycles. The number of aliphatic hydroxyl groups excluding tert-OH is 1. The van der Waals surface area contributed by atoms with Crippen molar-refractivity contribution in [2.75, 3.05) is 36.5 Å². The molecule has 2 atom stereocenters. The third kappa shape index (κ3) is 4.43. The van der Waals surface area contributed by atoms with Crippen LogP contribution in [-0.2, 0) is 23.0 Å². The van der Waals surface area contributed by atoms with Crippen LogP contribution in [-0.4, -0.2) is 64.3 Å². The van der Waals surface area contributed by atoms with Gasteiger partial charge in [-0.05, 0) is 37.6 Å². The molecule has 1 saturated heterocycles. The molecule has 0 bridgehead atoms. The van der Waals surface area contributed by atoms with Gasteiger partial charge in [0.2, 0.25) is 6.41 Å². The summed E-state index contributed by atoms with van der Waals surface area (Å²) in [6.45, 7) is 2.88. The lowest BCUT2D eigenvalue weighted by Gasteiger charge is -2.21. The first-order valence-electron chi connectivity index (χ1n) is 11.2. The van der Waals surface area contributed by atoms with E-state index in [1.54, 1.807) is 19.2 Å². The van der Waals surface area contributed by atoms with Crippen LogP contribution < -0.4 is 25.8 Å². The molecule has 11 nitrogen and oxygen atoms in total. The Kier molecular flexibility index (Phi) is 6.09. The largest absolute Gasteiger partial charge is 0.465 e. The van der Waals surface area contributed by atoms with E-state index in [2.05, 4.69) is 20.6 Å². The highest BCUT2D eigenvalue weighted by Crippen LogP contribution is 2.28. The van der Waals surface area contributed by atoms with Gasteiger partial charge < -0.3 is 34.7 Å². The molecule has 3 aromatic rings. The van der Waals surface area contributed by atoms with Crippen LogP contribution in [0, 0.1) is 12.7 Å². The lowest BCUT2D eigenvalue weighted by molar-refractivity contribution is -0.118. The topological polar surface area (TPSA) is 131 Å². The minimum Gasteiger partial charge on any atom is -0.465 e. The number of rotatable bonds is 6. The average Bonchev–Trinajstić information content (AvgIpc) is 3.20. The smallest absolute Gasteiger partial charge is 0.263 e. The Balaban J connectivity index is 1.22. The fraction of sp³-hybridized carbons (Fsp3) is 0.391. The predicted octanol–water partition coefficient (Wildman–Crippen LogP) is 0.420. The third-order valence-electron chi connectivity index (χ3n) is 6.18. The number of pyridine rings is 1. The van der Waals surface area contributed by atoms with Crippen molar-refractivity contribution in [3.63, 3.8) is 0 Å². The molecule has 0 spiro atoms. The third-order valence-corrected chi connectivity index (χ3v) is 6.18. The number of aryl methyl sites for hydroxylation is 2. The number of halogens is 1. The number of ether oxygens (including phenoxy) is 2. The molecule has 0 saturated carbocycles. The number of aromatic nitrogens is 3. The highest BCUT2D eigenvalue weighted by Gasteiger charge is 2.33. The summed E-state index contributed by atoms with van der Waals surface area (Å²) in [4.78, 5) is 33.7. The van der Waals surface area contributed by atoms with E-state index in [0.717, 1.165) is 10.9 Å². The number of aliphatic hydroxyl groups is 1. The summed E-state index contributed by atoms with van der Waals surface area (Å²) in [5.74, 6) is 0.0465. The van der Waals surface area contributed by atoms with Crippen LogP contribution in [0.2, 0.25) is 0 Å². The van der Waals surface area contributed by atoms with E-state index in [-0.39, 0.29) is 41.7 Å². The van der Waals surface area contributed by atoms with Gasteiger partial charge in [-0.25, -0.2) is 14.4 Å². The average molecular weight is 484 g/mol. The van der Waals surface area contributed by atoms with Crippen molar-refractivity contribution in [2.45, 2.75) is 25.9 Å². The monoisotopic (exact) mass is 484 g/mol. The highest BCUT2D eigenvalue weighted by atomic mass is 19.1. The number of carbonyl (C=O) groups is 1. The minimum atomic E-state index is -1.23. The number of benzene rings is 1. The maximum Gasteiger partial charge on any atom is 0.263 e. The van der Waals surface area contributed by atoms with E-state index < -0.39 is 6.41 Å². The number of hydrogen-bond acceptors (Lipinski definition) is 9. The Morgan fingerprint density at radius 1 is 1.34 bits per heavy atom. The number of hydrogen-bond donors (Lipinski definition) is 3. The Bertz CT molecular complexity index is 1360. The quantitative estimate of drug-likeness (QED) is 0.426. The standard InChI is InChI=1S/C23H25FN6O5/c1-12-7-19(32)29(2)20-14(12)3-4-16(24)15(20)5-6-25-8-13-10-30(23(33)35-13)17-9-26-22-21(27-17)28-18(31)11-34-22/h3-4,7,9,13,23,25,33H,5-6,8,10-11H2,1-2H3,(H,27,28,31)/t13-,23?/m0/s1. The molecule has 1 unspecified atom stereocenters. The fourth-order valence-corrected chi connectivity index (χ4v) is 4.41. The van der Waals surface area contributed by atoms with Gasteiger partial charge in [-0.3, -0.25) is 9.59 Å². The summed E-state index contributed by atoms with van der Waals surface area (Å²) < 4.78 is 27.0. The van der Waals surface area contributed by atoms with Crippen LogP contribution in [0.15, 0.2) is 29.2 Å². The normalized spacial score (nSPS) is 19.5. The van der Waals surface area contributed by atoms with Crippen LogP contribution in [0.1, 0.15) is 11.1 Å². The summed E-state index contributed by atoms with van der Waals surface area (Å²) >= 11 is 0. The number of nitrogens with one attached hydrogen (secondary N) is 2. The van der Waals surface area contributed by atoms with Gasteiger partial charge in [0, 0.05) is 30.6 Å². The van der Waals surface area contributed by atoms with Crippen molar-refractivity contribution in [3.05, 3.63) is 51.7 Å². The summed E-state index contributed by atoms with van der Waals surface area (Å²) in [6.07, 6.45) is 0.211. The van der Waals surface area contributed by atoms with Crippen molar-refractivity contribution in [2.24, 2.45) is 7.05 Å². The van der Waals surface area contributed by atoms with Crippen molar-refractivity contribution < 1.29 is 23.8 Å². The van der Waals surface area contributed by atoms with Gasteiger partial charge in [-0.1, -0.05) is 0 Å². The molecule has 1 fully saturated rings. The first-order chi connectivity index (χ1) is 16.8. The zero-order valence-electron chi connectivity index (χ0n) is 19.2. The minimum absolute atomic E-state index is 0.122. The van der Waals surface area contributed by atoms with Crippen LogP contribution >= 0.6 is 0 Å². The van der Waals surface area contributed by atoms with Gasteiger partial charge in [0.15, 0.2) is 18.2 Å². The molecule has 12 heteroatoms. The van der Waals surface area contributed by atoms with Crippen LogP contribution in [0.5, 0.6) is 5.88 Å². The molecular formula is C23H25FN6O5. The van der Waals surface area contributed by atoms with Gasteiger partial charge in [0.25, 0.3) is 17.3 Å². The number of carbonyl (C=O) groups excluding carboxylic acids is 1. The molecule has 1 amide bonds. The molecule has 0 radical (unpaired) electrons. The number of nitrogens with zero attached hydrogens (tertiary/aromatic N) is 4. The second-order valence-electron chi connectivity index (χ2n) is 8.56. The van der Waals surface area contributed by atoms with Gasteiger partial charge in [-0.15, -0.1) is 0 Å². The highest BCUT2D eigenvalue weighted by molar-refractivity contribution is 5.93. The first-order valence-corrected chi connectivity index (χ1v) is 11.2. The Hall–Kier alpha value is -3.61. The van der Waals surface area contributed by atoms with Gasteiger partial charge in [0.1, 0.15) is 5.82 Å². The number of amides is 1. The maximum atomic E-state index is 14.7. The van der Waals surface area contributed by atoms with Crippen molar-refractivity contribution in [3.8, 4) is 5.88 Å². The maximum absolute atomic E-state index is 14.7. The second kappa shape index (κ2) is 9.21. The molecule has 3 N–H and O–H groups in total. The van der Waals surface area contributed by atoms with E-state index in [9.17, 15) is 19.1 Å². The molecule has 0 aliphatic carbocycles. The van der Waals surface area contributed by atoms with E-state index in [4.69, 9.17) is 9.47 Å². The Labute approximate surface area is 199 Å². The number of anilines is 2. The van der Waals surface area contributed by atoms with E-state index in [1.807, 2.05) is 6.92 Å². The molecule has 2 aliphatic rings. The Morgan fingerprint density at radius 3 is 3.00 bits per heavy atom. The van der Waals surface area contributed by atoms with Crippen molar-refractivity contribution in [1.29, 1.82) is 0 Å². The molecule has 2 aromatic heterocycles. The molecule has 35 heavy (non-hydrogen) atoms. The van der Waals surface area contributed by atoms with Crippen molar-refractivity contribution >= 4 is 28.4 Å². The summed E-state index contributed by atoms with van der Waals surface area (Å²) in [6, 6.07) is 4.67. The lowest BCUT2D eigenvalue weighted by atomic mass is 10.0. The van der Waals surface area contributed by atoms with Gasteiger partial charge >= 0.3 is 0 Å². The molecule has 4 heterocycles. The first kappa shape index (κ1) is 23.1. The lowest BCUT2D eigenvalue weighted by Crippen LogP contribution is -2.33. The number of fused-ring (bicyclic) bond motifs is 2. The van der Waals surface area contributed by atoms with E-state index >= 15 is 0 Å². The molecule has 1 aromatic carbocycles. The molecule has 184 valence electrons. The van der Waals surface area contributed by atoms with E-state index in [1.165, 1.54) is 21.7 Å². The molecular weight excluding hydrogens is 459 g/mol. The van der Waals surface area contributed by atoms with Crippen LogP contribution in [0.25, 0.3) is 10.9 Å². The molecule has 5 rings (SSSR count).